The first kappa shape index (κ1) is 13.4. The molecule has 0 aliphatic carbocycles. The maximum atomic E-state index is 13.8. The summed E-state index contributed by atoms with van der Waals surface area (Å²) in [5.41, 5.74) is 0.797. The molecule has 0 N–H and O–H groups in total. The van der Waals surface area contributed by atoms with Crippen molar-refractivity contribution < 1.29 is 9.13 Å². The Morgan fingerprint density at radius 2 is 1.94 bits per heavy atom. The highest BCUT2D eigenvalue weighted by Gasteiger charge is 2.11. The third-order valence-corrected chi connectivity index (χ3v) is 3.85. The summed E-state index contributed by atoms with van der Waals surface area (Å²) in [5.74, 6) is 0.621. The fourth-order valence-corrected chi connectivity index (χ4v) is 2.55. The summed E-state index contributed by atoms with van der Waals surface area (Å²) in [7, 11) is 0. The number of rotatable bonds is 4. The number of halogens is 2. The molecule has 0 atom stereocenters. The van der Waals surface area contributed by atoms with E-state index in [4.69, 9.17) is 4.74 Å². The van der Waals surface area contributed by atoms with Crippen molar-refractivity contribution in [1.29, 1.82) is 0 Å². The highest BCUT2D eigenvalue weighted by Crippen LogP contribution is 2.34. The van der Waals surface area contributed by atoms with Crippen molar-refractivity contribution in [2.24, 2.45) is 0 Å². The molecule has 1 nitrogen and oxygen atoms in total. The molecule has 0 heterocycles. The highest BCUT2D eigenvalue weighted by atomic mass is 79.9. The molecule has 0 saturated carbocycles. The maximum absolute atomic E-state index is 13.8. The van der Waals surface area contributed by atoms with Crippen molar-refractivity contribution in [3.05, 3.63) is 53.8 Å². The van der Waals surface area contributed by atoms with E-state index >= 15 is 0 Å². The number of alkyl halides is 1. The molecule has 18 heavy (non-hydrogen) atoms. The normalized spacial score (nSPS) is 10.4. The van der Waals surface area contributed by atoms with Crippen LogP contribution >= 0.6 is 27.7 Å². The average molecular weight is 327 g/mol. The third kappa shape index (κ3) is 2.87. The van der Waals surface area contributed by atoms with E-state index in [-0.39, 0.29) is 11.6 Å². The lowest BCUT2D eigenvalue weighted by molar-refractivity contribution is 0.430. The smallest absolute Gasteiger partial charge is 0.167 e. The van der Waals surface area contributed by atoms with Crippen LogP contribution in [0.3, 0.4) is 0 Å². The molecule has 2 rings (SSSR count). The van der Waals surface area contributed by atoms with Crippen LogP contribution in [0.1, 0.15) is 5.56 Å². The summed E-state index contributed by atoms with van der Waals surface area (Å²) in [6.07, 6.45) is 1.97. The Morgan fingerprint density at radius 1 is 1.17 bits per heavy atom. The van der Waals surface area contributed by atoms with Crippen LogP contribution in [0.2, 0.25) is 0 Å². The first-order chi connectivity index (χ1) is 8.76. The maximum Gasteiger partial charge on any atom is 0.167 e. The Morgan fingerprint density at radius 3 is 2.67 bits per heavy atom. The summed E-state index contributed by atoms with van der Waals surface area (Å²) in [4.78, 5) is 0.987. The molecular formula is C14H12BrFOS. The molecule has 0 saturated heterocycles. The fraction of sp³-hybridized carbons (Fsp3) is 0.143. The molecule has 0 bridgehead atoms. The molecule has 2 aromatic carbocycles. The summed E-state index contributed by atoms with van der Waals surface area (Å²) in [6.45, 7) is 0. The van der Waals surface area contributed by atoms with Gasteiger partial charge < -0.3 is 4.74 Å². The van der Waals surface area contributed by atoms with Gasteiger partial charge in [-0.2, -0.15) is 0 Å². The summed E-state index contributed by atoms with van der Waals surface area (Å²) < 4.78 is 19.5. The van der Waals surface area contributed by atoms with Gasteiger partial charge in [-0.15, -0.1) is 11.8 Å². The molecular weight excluding hydrogens is 315 g/mol. The second-order valence-corrected chi connectivity index (χ2v) is 5.02. The van der Waals surface area contributed by atoms with E-state index in [1.54, 1.807) is 17.8 Å². The quantitative estimate of drug-likeness (QED) is 0.561. The summed E-state index contributed by atoms with van der Waals surface area (Å²) in [5, 5.41) is 0.557. The van der Waals surface area contributed by atoms with Crippen LogP contribution in [0, 0.1) is 5.82 Å². The molecule has 0 aromatic heterocycles. The molecule has 0 aliphatic heterocycles. The zero-order chi connectivity index (χ0) is 13.0. The van der Waals surface area contributed by atoms with Crippen LogP contribution < -0.4 is 4.74 Å². The van der Waals surface area contributed by atoms with E-state index in [9.17, 15) is 4.39 Å². The lowest BCUT2D eigenvalue weighted by Gasteiger charge is -2.12. The monoisotopic (exact) mass is 326 g/mol. The first-order valence-corrected chi connectivity index (χ1v) is 7.75. The number of hydrogen-bond donors (Lipinski definition) is 0. The molecule has 0 radical (unpaired) electrons. The lowest BCUT2D eigenvalue weighted by atomic mass is 10.2. The fourth-order valence-electron chi connectivity index (χ4n) is 1.59. The molecule has 0 aliphatic rings. The van der Waals surface area contributed by atoms with Gasteiger partial charge in [0.1, 0.15) is 5.75 Å². The SMILES string of the molecule is CSc1ccccc1Oc1c(F)cccc1CBr. The Hall–Kier alpha value is -1.00. The lowest BCUT2D eigenvalue weighted by Crippen LogP contribution is -1.94. The van der Waals surface area contributed by atoms with E-state index in [2.05, 4.69) is 15.9 Å². The summed E-state index contributed by atoms with van der Waals surface area (Å²) in [6, 6.07) is 12.5. The van der Waals surface area contributed by atoms with Gasteiger partial charge in [-0.25, -0.2) is 4.39 Å². The van der Waals surface area contributed by atoms with E-state index < -0.39 is 0 Å². The molecule has 0 unspecified atom stereocenters. The van der Waals surface area contributed by atoms with E-state index in [1.807, 2.05) is 36.6 Å². The van der Waals surface area contributed by atoms with Gasteiger partial charge in [0, 0.05) is 15.8 Å². The minimum Gasteiger partial charge on any atom is -0.453 e. The minimum absolute atomic E-state index is 0.288. The molecule has 94 valence electrons. The topological polar surface area (TPSA) is 9.23 Å². The van der Waals surface area contributed by atoms with Gasteiger partial charge in [0.05, 0.1) is 0 Å². The van der Waals surface area contributed by atoms with Gasteiger partial charge in [0.15, 0.2) is 11.6 Å². The Kier molecular flexibility index (Phi) is 4.66. The van der Waals surface area contributed by atoms with Crippen molar-refractivity contribution >= 4 is 27.7 Å². The molecule has 0 amide bonds. The zero-order valence-electron chi connectivity index (χ0n) is 9.82. The van der Waals surface area contributed by atoms with Crippen LogP contribution in [0.5, 0.6) is 11.5 Å². The van der Waals surface area contributed by atoms with Crippen LogP contribution in [0.4, 0.5) is 4.39 Å². The number of thioether (sulfide) groups is 1. The van der Waals surface area contributed by atoms with Gasteiger partial charge in [0.25, 0.3) is 0 Å². The number of hydrogen-bond acceptors (Lipinski definition) is 2. The molecule has 0 fully saturated rings. The van der Waals surface area contributed by atoms with Crippen molar-refractivity contribution in [1.82, 2.24) is 0 Å². The summed E-state index contributed by atoms with van der Waals surface area (Å²) >= 11 is 4.91. The standard InChI is InChI=1S/C14H12BrFOS/c1-18-13-8-3-2-7-12(13)17-14-10(9-15)5-4-6-11(14)16/h2-8H,9H2,1H3. The highest BCUT2D eigenvalue weighted by molar-refractivity contribution is 9.08. The van der Waals surface area contributed by atoms with Crippen LogP contribution in [0.25, 0.3) is 0 Å². The molecule has 0 spiro atoms. The number of benzene rings is 2. The third-order valence-electron chi connectivity index (χ3n) is 2.47. The van der Waals surface area contributed by atoms with Crippen LogP contribution in [-0.4, -0.2) is 6.26 Å². The van der Waals surface area contributed by atoms with Crippen LogP contribution in [0.15, 0.2) is 47.4 Å². The number of ether oxygens (including phenoxy) is 1. The van der Waals surface area contributed by atoms with Gasteiger partial charge in [-0.05, 0) is 24.5 Å². The Labute approximate surface area is 118 Å². The second kappa shape index (κ2) is 6.25. The van der Waals surface area contributed by atoms with Crippen molar-refractivity contribution in [2.45, 2.75) is 10.2 Å². The average Bonchev–Trinajstić information content (AvgIpc) is 2.41. The zero-order valence-corrected chi connectivity index (χ0v) is 12.2. The van der Waals surface area contributed by atoms with E-state index in [0.717, 1.165) is 10.5 Å². The van der Waals surface area contributed by atoms with Gasteiger partial charge in [-0.1, -0.05) is 40.2 Å². The van der Waals surface area contributed by atoms with Gasteiger partial charge in [-0.3, -0.25) is 0 Å². The molecule has 4 heteroatoms. The van der Waals surface area contributed by atoms with Crippen molar-refractivity contribution in [3.63, 3.8) is 0 Å². The minimum atomic E-state index is -0.345. The molecule has 2 aromatic rings. The second-order valence-electron chi connectivity index (χ2n) is 3.61. The van der Waals surface area contributed by atoms with E-state index in [0.29, 0.717) is 11.1 Å². The van der Waals surface area contributed by atoms with Crippen molar-refractivity contribution in [3.8, 4) is 11.5 Å². The Balaban J connectivity index is 2.39. The van der Waals surface area contributed by atoms with Gasteiger partial charge >= 0.3 is 0 Å². The largest absolute Gasteiger partial charge is 0.453 e. The van der Waals surface area contributed by atoms with E-state index in [1.165, 1.54) is 6.07 Å². The number of para-hydroxylation sites is 2. The van der Waals surface area contributed by atoms with Crippen molar-refractivity contribution in [2.75, 3.05) is 6.26 Å². The Bertz CT molecular complexity index is 545. The predicted octanol–water partition coefficient (Wildman–Crippen LogP) is 5.23. The first-order valence-electron chi connectivity index (χ1n) is 5.40. The predicted molar refractivity (Wildman–Crippen MR) is 77.3 cm³/mol. The van der Waals surface area contributed by atoms with Crippen LogP contribution in [-0.2, 0) is 5.33 Å². The van der Waals surface area contributed by atoms with Gasteiger partial charge in [0.2, 0.25) is 0 Å².